The van der Waals surface area contributed by atoms with Gasteiger partial charge >= 0.3 is 0 Å². The highest BCUT2D eigenvalue weighted by molar-refractivity contribution is 9.10. The summed E-state index contributed by atoms with van der Waals surface area (Å²) in [4.78, 5) is 16.5. The number of benzene rings is 2. The normalized spacial score (nSPS) is 11.1. The molecule has 1 aromatic heterocycles. The quantitative estimate of drug-likeness (QED) is 0.496. The SMILES string of the molecule is CCOc1ccc(Br)cc1S(=O)(=O)Nc1ccc(C(=O)Nc2nc(C)cs2)cc1. The Kier molecular flexibility index (Phi) is 6.56. The first-order valence-electron chi connectivity index (χ1n) is 8.57. The largest absolute Gasteiger partial charge is 0.492 e. The monoisotopic (exact) mass is 495 g/mol. The maximum Gasteiger partial charge on any atom is 0.265 e. The van der Waals surface area contributed by atoms with Crippen LogP contribution in [0.3, 0.4) is 0 Å². The summed E-state index contributed by atoms with van der Waals surface area (Å²) in [6.07, 6.45) is 0. The van der Waals surface area contributed by atoms with E-state index in [1.807, 2.05) is 12.3 Å². The molecular formula is C19H18BrN3O4S2. The van der Waals surface area contributed by atoms with Gasteiger partial charge in [0.1, 0.15) is 10.6 Å². The van der Waals surface area contributed by atoms with Gasteiger partial charge in [-0.15, -0.1) is 11.3 Å². The fourth-order valence-corrected chi connectivity index (χ4v) is 4.87. The van der Waals surface area contributed by atoms with Crippen LogP contribution in [0.2, 0.25) is 0 Å². The van der Waals surface area contributed by atoms with Gasteiger partial charge < -0.3 is 4.74 Å². The molecule has 0 unspecified atom stereocenters. The van der Waals surface area contributed by atoms with Gasteiger partial charge in [-0.3, -0.25) is 14.8 Å². The third-order valence-electron chi connectivity index (χ3n) is 3.73. The van der Waals surface area contributed by atoms with Crippen LogP contribution in [0.1, 0.15) is 23.0 Å². The Morgan fingerprint density at radius 1 is 1.21 bits per heavy atom. The molecule has 0 aliphatic rings. The molecule has 0 fully saturated rings. The molecule has 0 spiro atoms. The Hall–Kier alpha value is -2.43. The average Bonchev–Trinajstić information content (AvgIpc) is 3.08. The fourth-order valence-electron chi connectivity index (χ4n) is 2.45. The first kappa shape index (κ1) is 21.3. The topological polar surface area (TPSA) is 97.4 Å². The summed E-state index contributed by atoms with van der Waals surface area (Å²) in [5.41, 5.74) is 1.54. The van der Waals surface area contributed by atoms with Crippen molar-refractivity contribution in [2.75, 3.05) is 16.6 Å². The van der Waals surface area contributed by atoms with Crippen molar-refractivity contribution in [3.05, 3.63) is 63.6 Å². The van der Waals surface area contributed by atoms with Crippen molar-refractivity contribution >= 4 is 54.0 Å². The highest BCUT2D eigenvalue weighted by Crippen LogP contribution is 2.29. The predicted octanol–water partition coefficient (Wildman–Crippen LogP) is 4.67. The first-order valence-corrected chi connectivity index (χ1v) is 11.7. The number of rotatable bonds is 7. The number of amides is 1. The lowest BCUT2D eigenvalue weighted by Crippen LogP contribution is -2.15. The van der Waals surface area contributed by atoms with Crippen LogP contribution in [-0.2, 0) is 10.0 Å². The Bertz CT molecular complexity index is 1130. The molecule has 1 heterocycles. The minimum absolute atomic E-state index is 0.0229. The third kappa shape index (κ3) is 5.34. The fraction of sp³-hybridized carbons (Fsp3) is 0.158. The number of carbonyl (C=O) groups excluding carboxylic acids is 1. The van der Waals surface area contributed by atoms with Crippen molar-refractivity contribution < 1.29 is 17.9 Å². The number of halogens is 1. The number of aromatic nitrogens is 1. The summed E-state index contributed by atoms with van der Waals surface area (Å²) in [5, 5.41) is 5.06. The van der Waals surface area contributed by atoms with Gasteiger partial charge in [0, 0.05) is 21.1 Å². The van der Waals surface area contributed by atoms with Crippen LogP contribution in [0.25, 0.3) is 0 Å². The van der Waals surface area contributed by atoms with E-state index in [2.05, 4.69) is 31.0 Å². The number of carbonyl (C=O) groups is 1. The molecule has 2 N–H and O–H groups in total. The van der Waals surface area contributed by atoms with Gasteiger partial charge in [0.15, 0.2) is 5.13 Å². The summed E-state index contributed by atoms with van der Waals surface area (Å²) in [5.74, 6) is -0.0580. The Morgan fingerprint density at radius 2 is 1.93 bits per heavy atom. The zero-order valence-electron chi connectivity index (χ0n) is 15.6. The molecule has 152 valence electrons. The zero-order valence-corrected chi connectivity index (χ0v) is 18.8. The molecule has 3 aromatic rings. The van der Waals surface area contributed by atoms with Crippen LogP contribution in [0, 0.1) is 6.92 Å². The smallest absolute Gasteiger partial charge is 0.265 e. The third-order valence-corrected chi connectivity index (χ3v) is 6.51. The predicted molar refractivity (Wildman–Crippen MR) is 117 cm³/mol. The highest BCUT2D eigenvalue weighted by Gasteiger charge is 2.20. The number of hydrogen-bond acceptors (Lipinski definition) is 6. The maximum absolute atomic E-state index is 12.8. The first-order chi connectivity index (χ1) is 13.8. The zero-order chi connectivity index (χ0) is 21.0. The Labute approximate surface area is 181 Å². The van der Waals surface area contributed by atoms with E-state index in [1.165, 1.54) is 41.7 Å². The van der Waals surface area contributed by atoms with E-state index in [4.69, 9.17) is 4.74 Å². The molecule has 0 radical (unpaired) electrons. The van der Waals surface area contributed by atoms with Gasteiger partial charge in [-0.2, -0.15) is 0 Å². The number of ether oxygens (including phenoxy) is 1. The molecule has 10 heteroatoms. The Balaban J connectivity index is 1.77. The minimum atomic E-state index is -3.88. The van der Waals surface area contributed by atoms with E-state index in [0.717, 1.165) is 5.69 Å². The second-order valence-electron chi connectivity index (χ2n) is 5.96. The summed E-state index contributed by atoms with van der Waals surface area (Å²) in [7, 11) is -3.88. The summed E-state index contributed by atoms with van der Waals surface area (Å²) >= 11 is 4.62. The van der Waals surface area contributed by atoms with E-state index < -0.39 is 10.0 Å². The average molecular weight is 496 g/mol. The molecule has 0 aliphatic heterocycles. The molecule has 2 aromatic carbocycles. The van der Waals surface area contributed by atoms with Crippen LogP contribution >= 0.6 is 27.3 Å². The van der Waals surface area contributed by atoms with Crippen LogP contribution in [0.4, 0.5) is 10.8 Å². The minimum Gasteiger partial charge on any atom is -0.492 e. The van der Waals surface area contributed by atoms with Crippen molar-refractivity contribution in [3.8, 4) is 5.75 Å². The van der Waals surface area contributed by atoms with Crippen molar-refractivity contribution in [2.45, 2.75) is 18.7 Å². The number of aryl methyl sites for hydroxylation is 1. The lowest BCUT2D eigenvalue weighted by Gasteiger charge is -2.13. The number of thiazole rings is 1. The molecule has 29 heavy (non-hydrogen) atoms. The number of hydrogen-bond donors (Lipinski definition) is 2. The van der Waals surface area contributed by atoms with Gasteiger partial charge in [-0.25, -0.2) is 13.4 Å². The standard InChI is InChI=1S/C19H18BrN3O4S2/c1-3-27-16-9-6-14(20)10-17(16)29(25,26)23-15-7-4-13(5-8-15)18(24)22-19-21-12(2)11-28-19/h4-11,23H,3H2,1-2H3,(H,21,22,24). The highest BCUT2D eigenvalue weighted by atomic mass is 79.9. The van der Waals surface area contributed by atoms with Crippen molar-refractivity contribution in [1.29, 1.82) is 0 Å². The van der Waals surface area contributed by atoms with Gasteiger partial charge in [0.05, 0.1) is 12.3 Å². The lowest BCUT2D eigenvalue weighted by atomic mass is 10.2. The van der Waals surface area contributed by atoms with Crippen LogP contribution < -0.4 is 14.8 Å². The number of nitrogens with one attached hydrogen (secondary N) is 2. The summed E-state index contributed by atoms with van der Waals surface area (Å²) in [6.45, 7) is 3.96. The van der Waals surface area contributed by atoms with Crippen LogP contribution in [-0.4, -0.2) is 25.9 Å². The van der Waals surface area contributed by atoms with E-state index in [-0.39, 0.29) is 16.6 Å². The van der Waals surface area contributed by atoms with E-state index >= 15 is 0 Å². The van der Waals surface area contributed by atoms with E-state index in [0.29, 0.717) is 27.5 Å². The van der Waals surface area contributed by atoms with Gasteiger partial charge in [-0.05, 0) is 56.3 Å². The molecule has 1 amide bonds. The van der Waals surface area contributed by atoms with Gasteiger partial charge in [0.25, 0.3) is 15.9 Å². The van der Waals surface area contributed by atoms with Gasteiger partial charge in [-0.1, -0.05) is 15.9 Å². The molecule has 7 nitrogen and oxygen atoms in total. The van der Waals surface area contributed by atoms with Crippen molar-refractivity contribution in [3.63, 3.8) is 0 Å². The molecular weight excluding hydrogens is 478 g/mol. The summed E-state index contributed by atoms with van der Waals surface area (Å²) in [6, 6.07) is 10.9. The lowest BCUT2D eigenvalue weighted by molar-refractivity contribution is 0.102. The number of sulfonamides is 1. The van der Waals surface area contributed by atoms with Crippen LogP contribution in [0.5, 0.6) is 5.75 Å². The second-order valence-corrected chi connectivity index (χ2v) is 9.38. The molecule has 0 aliphatic carbocycles. The number of nitrogens with zero attached hydrogens (tertiary/aromatic N) is 1. The van der Waals surface area contributed by atoms with E-state index in [1.54, 1.807) is 19.1 Å². The number of anilines is 2. The van der Waals surface area contributed by atoms with Crippen molar-refractivity contribution in [2.24, 2.45) is 0 Å². The van der Waals surface area contributed by atoms with Gasteiger partial charge in [0.2, 0.25) is 0 Å². The van der Waals surface area contributed by atoms with Crippen molar-refractivity contribution in [1.82, 2.24) is 4.98 Å². The molecule has 3 rings (SSSR count). The summed E-state index contributed by atoms with van der Waals surface area (Å²) < 4.78 is 34.2. The molecule has 0 saturated heterocycles. The van der Waals surface area contributed by atoms with E-state index in [9.17, 15) is 13.2 Å². The molecule has 0 atom stereocenters. The molecule has 0 bridgehead atoms. The molecule has 0 saturated carbocycles. The maximum atomic E-state index is 12.8. The second kappa shape index (κ2) is 8.93. The van der Waals surface area contributed by atoms with Crippen LogP contribution in [0.15, 0.2) is 57.2 Å². The Morgan fingerprint density at radius 3 is 2.55 bits per heavy atom.